The molecule has 12 heavy (non-hydrogen) atoms. The minimum atomic E-state index is -0.730. The van der Waals surface area contributed by atoms with Crippen molar-refractivity contribution in [3.8, 4) is 0 Å². The minimum Gasteiger partial charge on any atom is -0.378 e. The molecule has 0 unspecified atom stereocenters. The van der Waals surface area contributed by atoms with Gasteiger partial charge in [-0.15, -0.1) is 0 Å². The van der Waals surface area contributed by atoms with Crippen LogP contribution in [0.4, 0.5) is 0 Å². The van der Waals surface area contributed by atoms with Crippen molar-refractivity contribution < 1.29 is 14.3 Å². The number of ether oxygens (including phenoxy) is 1. The van der Waals surface area contributed by atoms with Gasteiger partial charge in [0.2, 0.25) is 0 Å². The van der Waals surface area contributed by atoms with Gasteiger partial charge in [-0.25, -0.2) is 4.79 Å². The third-order valence-corrected chi connectivity index (χ3v) is 1.66. The van der Waals surface area contributed by atoms with Gasteiger partial charge in [-0.3, -0.25) is 4.79 Å². The predicted octanol–water partition coefficient (Wildman–Crippen LogP) is -1.48. The van der Waals surface area contributed by atoms with Crippen molar-refractivity contribution in [1.82, 2.24) is 4.90 Å². The quantitative estimate of drug-likeness (QED) is 0.405. The normalized spacial score (nSPS) is 16.8. The molecule has 5 nitrogen and oxygen atoms in total. The molecule has 0 aromatic rings. The van der Waals surface area contributed by atoms with Crippen molar-refractivity contribution in [3.05, 3.63) is 5.70 Å². The number of hydrogen-bond donors (Lipinski definition) is 1. The van der Waals surface area contributed by atoms with Crippen LogP contribution >= 0.6 is 0 Å². The highest BCUT2D eigenvalue weighted by atomic mass is 16.5. The van der Waals surface area contributed by atoms with Crippen molar-refractivity contribution >= 4 is 11.8 Å². The third-order valence-electron chi connectivity index (χ3n) is 1.66. The summed E-state index contributed by atoms with van der Waals surface area (Å²) in [7, 11) is 0. The van der Waals surface area contributed by atoms with Gasteiger partial charge in [-0.2, -0.15) is 0 Å². The Morgan fingerprint density at radius 3 is 2.42 bits per heavy atom. The minimum absolute atomic E-state index is 0.0849. The van der Waals surface area contributed by atoms with Crippen LogP contribution in [0.5, 0.6) is 0 Å². The van der Waals surface area contributed by atoms with E-state index in [4.69, 9.17) is 10.5 Å². The summed E-state index contributed by atoms with van der Waals surface area (Å²) in [6.07, 6.45) is 0. The molecule has 0 radical (unpaired) electrons. The number of nitrogens with two attached hydrogens (primary N) is 1. The van der Waals surface area contributed by atoms with Crippen molar-refractivity contribution in [3.63, 3.8) is 0 Å². The van der Waals surface area contributed by atoms with Crippen LogP contribution in [0, 0.1) is 0 Å². The maximum atomic E-state index is 10.7. The van der Waals surface area contributed by atoms with Crippen LogP contribution in [-0.4, -0.2) is 43.1 Å². The molecular formula is C7H10N2O3. The fourth-order valence-corrected chi connectivity index (χ4v) is 1.06. The van der Waals surface area contributed by atoms with E-state index in [0.29, 0.717) is 26.3 Å². The SMILES string of the molecule is NC(=O)C(=C=O)N1CCOCC1. The number of morpholine rings is 1. The Morgan fingerprint density at radius 1 is 1.42 bits per heavy atom. The highest BCUT2D eigenvalue weighted by Crippen LogP contribution is 2.03. The first-order valence-corrected chi connectivity index (χ1v) is 3.63. The summed E-state index contributed by atoms with van der Waals surface area (Å²) in [6, 6.07) is 0. The van der Waals surface area contributed by atoms with Gasteiger partial charge in [0, 0.05) is 13.1 Å². The molecule has 1 heterocycles. The molecule has 0 atom stereocenters. The molecule has 5 heteroatoms. The molecule has 0 aromatic carbocycles. The number of carbonyl (C=O) groups excluding carboxylic acids is 2. The van der Waals surface area contributed by atoms with E-state index in [-0.39, 0.29) is 5.70 Å². The van der Waals surface area contributed by atoms with Crippen LogP contribution < -0.4 is 5.73 Å². The molecule has 0 bridgehead atoms. The molecule has 2 N–H and O–H groups in total. The Balaban J connectivity index is 2.65. The lowest BCUT2D eigenvalue weighted by atomic mass is 10.3. The lowest BCUT2D eigenvalue weighted by molar-refractivity contribution is -0.116. The highest BCUT2D eigenvalue weighted by Gasteiger charge is 2.18. The molecule has 0 saturated carbocycles. The fourth-order valence-electron chi connectivity index (χ4n) is 1.06. The average molecular weight is 170 g/mol. The van der Waals surface area contributed by atoms with Gasteiger partial charge in [0.1, 0.15) is 0 Å². The van der Waals surface area contributed by atoms with Gasteiger partial charge in [0.05, 0.1) is 13.2 Å². The molecule has 1 rings (SSSR count). The summed E-state index contributed by atoms with van der Waals surface area (Å²) in [5, 5.41) is 0. The van der Waals surface area contributed by atoms with E-state index in [0.717, 1.165) is 0 Å². The van der Waals surface area contributed by atoms with Crippen molar-refractivity contribution in [2.45, 2.75) is 0 Å². The van der Waals surface area contributed by atoms with E-state index in [1.807, 2.05) is 0 Å². The number of nitrogens with zero attached hydrogens (tertiary/aromatic N) is 1. The van der Waals surface area contributed by atoms with Crippen molar-refractivity contribution in [1.29, 1.82) is 0 Å². The summed E-state index contributed by atoms with van der Waals surface area (Å²) in [6.45, 7) is 2.07. The lowest BCUT2D eigenvalue weighted by Crippen LogP contribution is -2.40. The maximum absolute atomic E-state index is 10.7. The topological polar surface area (TPSA) is 72.6 Å². The number of amides is 1. The van der Waals surface area contributed by atoms with Crippen molar-refractivity contribution in [2.75, 3.05) is 26.3 Å². The Hall–Kier alpha value is -1.32. The van der Waals surface area contributed by atoms with Crippen LogP contribution in [0.1, 0.15) is 0 Å². The van der Waals surface area contributed by atoms with Crippen LogP contribution in [0.2, 0.25) is 0 Å². The maximum Gasteiger partial charge on any atom is 0.276 e. The van der Waals surface area contributed by atoms with E-state index in [9.17, 15) is 9.59 Å². The van der Waals surface area contributed by atoms with Gasteiger partial charge in [-0.05, 0) is 0 Å². The third kappa shape index (κ3) is 1.84. The summed E-state index contributed by atoms with van der Waals surface area (Å²) >= 11 is 0. The summed E-state index contributed by atoms with van der Waals surface area (Å²) < 4.78 is 5.04. The monoisotopic (exact) mass is 170 g/mol. The molecule has 1 aliphatic heterocycles. The summed E-state index contributed by atoms with van der Waals surface area (Å²) in [4.78, 5) is 22.6. The van der Waals surface area contributed by atoms with E-state index >= 15 is 0 Å². The lowest BCUT2D eigenvalue weighted by Gasteiger charge is -2.27. The molecule has 1 aliphatic rings. The van der Waals surface area contributed by atoms with Gasteiger partial charge in [-0.1, -0.05) is 0 Å². The number of rotatable bonds is 2. The molecule has 0 aliphatic carbocycles. The molecule has 1 fully saturated rings. The zero-order chi connectivity index (χ0) is 8.97. The predicted molar refractivity (Wildman–Crippen MR) is 40.8 cm³/mol. The van der Waals surface area contributed by atoms with E-state index in [2.05, 4.69) is 0 Å². The second kappa shape index (κ2) is 3.90. The Bertz CT molecular complexity index is 227. The number of primary amides is 1. The van der Waals surface area contributed by atoms with Gasteiger partial charge in [0.25, 0.3) is 5.91 Å². The largest absolute Gasteiger partial charge is 0.378 e. The molecule has 66 valence electrons. The standard InChI is InChI=1S/C7H10N2O3/c8-7(11)6(5-10)9-1-3-12-4-2-9/h1-4H2,(H2,8,11). The Labute approximate surface area is 69.8 Å². The summed E-state index contributed by atoms with van der Waals surface area (Å²) in [5.74, 6) is 0.804. The van der Waals surface area contributed by atoms with Crippen LogP contribution in [-0.2, 0) is 14.3 Å². The van der Waals surface area contributed by atoms with Crippen LogP contribution in [0.25, 0.3) is 0 Å². The smallest absolute Gasteiger partial charge is 0.276 e. The highest BCUT2D eigenvalue weighted by molar-refractivity contribution is 5.98. The zero-order valence-corrected chi connectivity index (χ0v) is 6.58. The molecule has 1 saturated heterocycles. The Kier molecular flexibility index (Phi) is 2.85. The molecular weight excluding hydrogens is 160 g/mol. The zero-order valence-electron chi connectivity index (χ0n) is 6.58. The summed E-state index contributed by atoms with van der Waals surface area (Å²) in [5.41, 5.74) is 4.87. The second-order valence-electron chi connectivity index (χ2n) is 2.41. The van der Waals surface area contributed by atoms with E-state index in [1.165, 1.54) is 5.94 Å². The van der Waals surface area contributed by atoms with E-state index < -0.39 is 5.91 Å². The second-order valence-corrected chi connectivity index (χ2v) is 2.41. The fraction of sp³-hybridized carbons (Fsp3) is 0.571. The Morgan fingerprint density at radius 2 is 2.00 bits per heavy atom. The molecule has 0 aromatic heterocycles. The van der Waals surface area contributed by atoms with Gasteiger partial charge < -0.3 is 15.4 Å². The average Bonchev–Trinajstić information content (AvgIpc) is 2.07. The van der Waals surface area contributed by atoms with E-state index in [1.54, 1.807) is 4.90 Å². The van der Waals surface area contributed by atoms with Gasteiger partial charge >= 0.3 is 0 Å². The number of hydrogen-bond acceptors (Lipinski definition) is 4. The van der Waals surface area contributed by atoms with Crippen LogP contribution in [0.3, 0.4) is 0 Å². The van der Waals surface area contributed by atoms with Crippen molar-refractivity contribution in [2.24, 2.45) is 5.73 Å². The first kappa shape index (κ1) is 8.77. The first-order valence-electron chi connectivity index (χ1n) is 3.63. The van der Waals surface area contributed by atoms with Crippen LogP contribution in [0.15, 0.2) is 5.70 Å². The van der Waals surface area contributed by atoms with Gasteiger partial charge in [0.15, 0.2) is 11.6 Å². The molecule has 1 amide bonds. The first-order chi connectivity index (χ1) is 5.75. The number of carbonyl (C=O) groups is 1. The molecule has 0 spiro atoms.